The van der Waals surface area contributed by atoms with Gasteiger partial charge in [-0.05, 0) is 109 Å². The topological polar surface area (TPSA) is 29.5 Å². The van der Waals surface area contributed by atoms with Crippen LogP contribution >= 0.6 is 0 Å². The molecule has 0 aromatic heterocycles. The van der Waals surface area contributed by atoms with Gasteiger partial charge in [-0.15, -0.1) is 0 Å². The van der Waals surface area contributed by atoms with Gasteiger partial charge in [-0.2, -0.15) is 0 Å². The lowest BCUT2D eigenvalue weighted by Crippen LogP contribution is -1.97. The number of aromatic hydroxyl groups is 1. The van der Waals surface area contributed by atoms with E-state index >= 15 is 0 Å². The molecule has 9 aromatic carbocycles. The molecule has 0 aliphatic carbocycles. The molecule has 0 saturated heterocycles. The van der Waals surface area contributed by atoms with Gasteiger partial charge in [-0.25, -0.2) is 0 Å². The summed E-state index contributed by atoms with van der Waals surface area (Å²) in [4.78, 5) is 0. The van der Waals surface area contributed by atoms with Crippen LogP contribution in [0.1, 0.15) is 62.6 Å². The van der Waals surface area contributed by atoms with Crippen molar-refractivity contribution in [2.45, 2.75) is 6.92 Å². The lowest BCUT2D eigenvalue weighted by Gasteiger charge is -2.17. The van der Waals surface area contributed by atoms with Crippen LogP contribution in [0.2, 0.25) is 0 Å². The molecule has 0 spiro atoms. The van der Waals surface area contributed by atoms with Crippen LogP contribution in [0.15, 0.2) is 231 Å². The van der Waals surface area contributed by atoms with E-state index in [1.807, 2.05) is 55.5 Å². The van der Waals surface area contributed by atoms with Crippen molar-refractivity contribution in [3.05, 3.63) is 286 Å². The van der Waals surface area contributed by atoms with Crippen LogP contribution in [0.25, 0.3) is 69.9 Å². The van der Waals surface area contributed by atoms with Gasteiger partial charge in [0.15, 0.2) is 0 Å². The third-order valence-corrected chi connectivity index (χ3v) is 11.6. The Hall–Kier alpha value is -8.46. The molecule has 9 rings (SSSR count). The number of ether oxygens (including phenoxy) is 1. The molecule has 0 bridgehead atoms. The van der Waals surface area contributed by atoms with Gasteiger partial charge in [0.25, 0.3) is 0 Å². The number of phenols is 1. The van der Waals surface area contributed by atoms with Crippen LogP contribution in [0.4, 0.5) is 0 Å². The Balaban J connectivity index is 0.965. The Morgan fingerprint density at radius 2 is 0.712 bits per heavy atom. The maximum atomic E-state index is 11.8. The average Bonchev–Trinajstić information content (AvgIpc) is 3.38. The third kappa shape index (κ3) is 10.3. The summed E-state index contributed by atoms with van der Waals surface area (Å²) in [5.41, 5.74) is 16.9. The van der Waals surface area contributed by atoms with E-state index in [2.05, 4.69) is 218 Å². The molecular formula is C64H50O2. The Bertz CT molecular complexity index is 3060. The zero-order valence-corrected chi connectivity index (χ0v) is 37.0. The molecule has 2 nitrogen and oxygen atoms in total. The first-order valence-corrected chi connectivity index (χ1v) is 22.5. The zero-order valence-electron chi connectivity index (χ0n) is 37.0. The molecular weight excluding hydrogens is 801 g/mol. The van der Waals surface area contributed by atoms with E-state index in [4.69, 9.17) is 4.74 Å². The molecule has 0 unspecified atom stereocenters. The van der Waals surface area contributed by atoms with Crippen molar-refractivity contribution >= 4 is 47.6 Å². The summed E-state index contributed by atoms with van der Waals surface area (Å²) in [6, 6.07) is 79.6. The molecule has 0 fully saturated rings. The van der Waals surface area contributed by atoms with Gasteiger partial charge in [-0.3, -0.25) is 0 Å². The molecule has 2 heteroatoms. The standard InChI is InChI=1S/C64H50O2/c1-2-66-64-46-61(57-29-17-15-27-55(57)41-39-47-31-35-49(36-32-47)43-59(51-19-7-3-8-20-51)52-21-9-4-10-22-52)63(65)45-62(64)58-30-18-16-28-56(58)42-40-48-33-37-50(38-34-48)44-60(53-23-11-5-12-24-53)54-25-13-6-14-26-54/h3-46,65H,2H2,1H3/b41-39-,42-40-. The summed E-state index contributed by atoms with van der Waals surface area (Å²) >= 11 is 0. The molecule has 0 aliphatic heterocycles. The number of phenolic OH excluding ortho intramolecular Hbond substituents is 1. The van der Waals surface area contributed by atoms with Crippen LogP contribution in [0.3, 0.4) is 0 Å². The predicted molar refractivity (Wildman–Crippen MR) is 281 cm³/mol. The van der Waals surface area contributed by atoms with Crippen molar-refractivity contribution in [1.29, 1.82) is 0 Å². The van der Waals surface area contributed by atoms with E-state index in [-0.39, 0.29) is 5.75 Å². The van der Waals surface area contributed by atoms with Crippen molar-refractivity contribution in [3.8, 4) is 33.8 Å². The van der Waals surface area contributed by atoms with Gasteiger partial charge in [-0.1, -0.05) is 243 Å². The molecule has 0 aliphatic rings. The van der Waals surface area contributed by atoms with Gasteiger partial charge >= 0.3 is 0 Å². The van der Waals surface area contributed by atoms with Gasteiger partial charge in [0, 0.05) is 11.1 Å². The summed E-state index contributed by atoms with van der Waals surface area (Å²) in [5.74, 6) is 0.897. The largest absolute Gasteiger partial charge is 0.507 e. The highest BCUT2D eigenvalue weighted by atomic mass is 16.5. The maximum absolute atomic E-state index is 11.8. The molecule has 0 radical (unpaired) electrons. The highest BCUT2D eigenvalue weighted by molar-refractivity contribution is 5.93. The van der Waals surface area contributed by atoms with E-state index < -0.39 is 0 Å². The number of hydrogen-bond donors (Lipinski definition) is 1. The predicted octanol–water partition coefficient (Wildman–Crippen LogP) is 16.6. The molecule has 0 saturated carbocycles. The van der Waals surface area contributed by atoms with Gasteiger partial charge in [0.05, 0.1) is 6.61 Å². The quantitative estimate of drug-likeness (QED) is 0.110. The Morgan fingerprint density at radius 3 is 1.11 bits per heavy atom. The van der Waals surface area contributed by atoms with E-state index in [9.17, 15) is 5.11 Å². The van der Waals surface area contributed by atoms with Crippen molar-refractivity contribution in [3.63, 3.8) is 0 Å². The lowest BCUT2D eigenvalue weighted by molar-refractivity contribution is 0.341. The van der Waals surface area contributed by atoms with E-state index in [1.165, 1.54) is 33.4 Å². The second-order valence-corrected chi connectivity index (χ2v) is 16.1. The molecule has 0 amide bonds. The molecule has 1 N–H and O–H groups in total. The molecule has 9 aromatic rings. The summed E-state index contributed by atoms with van der Waals surface area (Å²) in [7, 11) is 0. The van der Waals surface area contributed by atoms with Crippen molar-refractivity contribution in [2.75, 3.05) is 6.61 Å². The van der Waals surface area contributed by atoms with Gasteiger partial charge in [0.2, 0.25) is 0 Å². The summed E-state index contributed by atoms with van der Waals surface area (Å²) < 4.78 is 6.34. The minimum absolute atomic E-state index is 0.186. The van der Waals surface area contributed by atoms with Crippen molar-refractivity contribution in [1.82, 2.24) is 0 Å². The first-order chi connectivity index (χ1) is 32.6. The van der Waals surface area contributed by atoms with Crippen LogP contribution in [0.5, 0.6) is 11.5 Å². The highest BCUT2D eigenvalue weighted by Crippen LogP contribution is 2.43. The highest BCUT2D eigenvalue weighted by Gasteiger charge is 2.17. The third-order valence-electron chi connectivity index (χ3n) is 11.6. The minimum atomic E-state index is 0.186. The molecule has 318 valence electrons. The normalized spacial score (nSPS) is 11.1. The number of hydrogen-bond acceptors (Lipinski definition) is 2. The molecule has 0 heterocycles. The fourth-order valence-electron chi connectivity index (χ4n) is 8.29. The summed E-state index contributed by atoms with van der Waals surface area (Å²) in [6.45, 7) is 2.47. The number of rotatable bonds is 14. The first-order valence-electron chi connectivity index (χ1n) is 22.5. The second-order valence-electron chi connectivity index (χ2n) is 16.1. The van der Waals surface area contributed by atoms with Crippen LogP contribution in [0, 0.1) is 0 Å². The molecule has 0 atom stereocenters. The Morgan fingerprint density at radius 1 is 0.364 bits per heavy atom. The maximum Gasteiger partial charge on any atom is 0.128 e. The van der Waals surface area contributed by atoms with Crippen LogP contribution < -0.4 is 4.74 Å². The minimum Gasteiger partial charge on any atom is -0.507 e. The second kappa shape index (κ2) is 20.8. The van der Waals surface area contributed by atoms with E-state index in [0.29, 0.717) is 17.9 Å². The van der Waals surface area contributed by atoms with Gasteiger partial charge < -0.3 is 9.84 Å². The van der Waals surface area contributed by atoms with Crippen molar-refractivity contribution < 1.29 is 9.84 Å². The monoisotopic (exact) mass is 850 g/mol. The van der Waals surface area contributed by atoms with Crippen molar-refractivity contribution in [2.24, 2.45) is 0 Å². The fraction of sp³-hybridized carbons (Fsp3) is 0.0312. The van der Waals surface area contributed by atoms with Gasteiger partial charge in [0.1, 0.15) is 11.5 Å². The smallest absolute Gasteiger partial charge is 0.128 e. The first kappa shape index (κ1) is 42.8. The zero-order chi connectivity index (χ0) is 44.9. The number of benzene rings is 9. The Kier molecular flexibility index (Phi) is 13.5. The van der Waals surface area contributed by atoms with Crippen LogP contribution in [-0.4, -0.2) is 11.7 Å². The molecule has 66 heavy (non-hydrogen) atoms. The summed E-state index contributed by atoms with van der Waals surface area (Å²) in [5, 5.41) is 11.8. The SMILES string of the molecule is CCOc1cc(-c2ccccc2/C=C\c2ccc(C=C(c3ccccc3)c3ccccc3)cc2)c(O)cc1-c1ccccc1/C=C\c1ccc(C=C(c2ccccc2)c2ccccc2)cc1. The Labute approximate surface area is 389 Å². The lowest BCUT2D eigenvalue weighted by atomic mass is 9.92. The fourth-order valence-corrected chi connectivity index (χ4v) is 8.29. The van der Waals surface area contributed by atoms with E-state index in [1.54, 1.807) is 0 Å². The van der Waals surface area contributed by atoms with E-state index in [0.717, 1.165) is 50.1 Å². The average molecular weight is 851 g/mol. The summed E-state index contributed by atoms with van der Waals surface area (Å²) in [6.07, 6.45) is 13.0. The van der Waals surface area contributed by atoms with Crippen LogP contribution in [-0.2, 0) is 0 Å².